The van der Waals surface area contributed by atoms with Crippen molar-refractivity contribution in [2.75, 3.05) is 24.7 Å². The van der Waals surface area contributed by atoms with Crippen LogP contribution in [0.25, 0.3) is 0 Å². The highest BCUT2D eigenvalue weighted by atomic mass is 32.2. The van der Waals surface area contributed by atoms with Crippen LogP contribution < -0.4 is 5.32 Å². The summed E-state index contributed by atoms with van der Waals surface area (Å²) in [4.78, 5) is 13.7. The minimum Gasteiger partial charge on any atom is -0.325 e. The van der Waals surface area contributed by atoms with Crippen LogP contribution in [-0.4, -0.2) is 38.0 Å². The molecule has 0 unspecified atom stereocenters. The molecular formula is C17H20N2O3S3. The molecule has 0 saturated carbocycles. The lowest BCUT2D eigenvalue weighted by Crippen LogP contribution is -2.43. The highest BCUT2D eigenvalue weighted by molar-refractivity contribution is 7.98. The Morgan fingerprint density at radius 1 is 1.28 bits per heavy atom. The van der Waals surface area contributed by atoms with E-state index in [1.165, 1.54) is 15.6 Å². The number of para-hydroxylation sites is 1. The van der Waals surface area contributed by atoms with Crippen LogP contribution in [0.2, 0.25) is 0 Å². The van der Waals surface area contributed by atoms with Gasteiger partial charge in [0, 0.05) is 18.0 Å². The lowest BCUT2D eigenvalue weighted by molar-refractivity contribution is -0.120. The van der Waals surface area contributed by atoms with Gasteiger partial charge in [-0.25, -0.2) is 8.42 Å². The van der Waals surface area contributed by atoms with Crippen LogP contribution in [0, 0.1) is 5.92 Å². The van der Waals surface area contributed by atoms with Gasteiger partial charge in [0.1, 0.15) is 4.21 Å². The molecule has 0 aliphatic carbocycles. The van der Waals surface area contributed by atoms with Gasteiger partial charge in [0.25, 0.3) is 10.0 Å². The summed E-state index contributed by atoms with van der Waals surface area (Å²) in [6.45, 7) is 0.693. The quantitative estimate of drug-likeness (QED) is 0.786. The number of amides is 1. The third kappa shape index (κ3) is 4.08. The number of carbonyl (C=O) groups is 1. The van der Waals surface area contributed by atoms with Crippen LogP contribution in [0.3, 0.4) is 0 Å². The van der Waals surface area contributed by atoms with Crippen molar-refractivity contribution in [3.05, 3.63) is 41.8 Å². The number of benzene rings is 1. The molecule has 1 atom stereocenters. The molecule has 1 amide bonds. The average Bonchev–Trinajstić information content (AvgIpc) is 3.18. The lowest BCUT2D eigenvalue weighted by atomic mass is 9.99. The summed E-state index contributed by atoms with van der Waals surface area (Å²) >= 11 is 2.78. The Morgan fingerprint density at radius 2 is 2.08 bits per heavy atom. The summed E-state index contributed by atoms with van der Waals surface area (Å²) in [6.07, 6.45) is 3.34. The van der Waals surface area contributed by atoms with E-state index in [1.807, 2.05) is 30.5 Å². The van der Waals surface area contributed by atoms with E-state index in [9.17, 15) is 13.2 Å². The van der Waals surface area contributed by atoms with Crippen molar-refractivity contribution in [1.29, 1.82) is 0 Å². The number of thioether (sulfide) groups is 1. The smallest absolute Gasteiger partial charge is 0.252 e. The zero-order chi connectivity index (χ0) is 17.9. The van der Waals surface area contributed by atoms with Crippen molar-refractivity contribution in [1.82, 2.24) is 4.31 Å². The highest BCUT2D eigenvalue weighted by Gasteiger charge is 2.33. The lowest BCUT2D eigenvalue weighted by Gasteiger charge is -2.30. The predicted octanol–water partition coefficient (Wildman–Crippen LogP) is 3.51. The van der Waals surface area contributed by atoms with Crippen LogP contribution in [0.5, 0.6) is 0 Å². The second kappa shape index (κ2) is 7.90. The number of carbonyl (C=O) groups excluding carboxylic acids is 1. The summed E-state index contributed by atoms with van der Waals surface area (Å²) in [7, 11) is -3.50. The third-order valence-corrected chi connectivity index (χ3v) is 8.24. The molecule has 0 bridgehead atoms. The first kappa shape index (κ1) is 18.4. The van der Waals surface area contributed by atoms with E-state index >= 15 is 0 Å². The standard InChI is InChI=1S/C17H20N2O3S3/c1-23-15-8-3-2-7-14(15)18-17(20)13-6-4-10-19(12-13)25(21,22)16-9-5-11-24-16/h2-3,5,7-9,11,13H,4,6,10,12H2,1H3,(H,18,20)/t13-/m0/s1. The van der Waals surface area contributed by atoms with E-state index in [4.69, 9.17) is 0 Å². The van der Waals surface area contributed by atoms with Crippen molar-refractivity contribution in [2.45, 2.75) is 21.9 Å². The fourth-order valence-corrected chi connectivity index (χ4v) is 6.12. The van der Waals surface area contributed by atoms with E-state index in [0.29, 0.717) is 23.6 Å². The van der Waals surface area contributed by atoms with Crippen molar-refractivity contribution < 1.29 is 13.2 Å². The molecule has 134 valence electrons. The van der Waals surface area contributed by atoms with Gasteiger partial charge in [-0.3, -0.25) is 4.79 Å². The summed E-state index contributed by atoms with van der Waals surface area (Å²) in [5.41, 5.74) is 0.776. The molecule has 2 heterocycles. The second-order valence-electron chi connectivity index (χ2n) is 5.82. The molecule has 25 heavy (non-hydrogen) atoms. The van der Waals surface area contributed by atoms with Crippen molar-refractivity contribution >= 4 is 44.7 Å². The Bertz CT molecular complexity index is 835. The fourth-order valence-electron chi connectivity index (χ4n) is 2.89. The monoisotopic (exact) mass is 396 g/mol. The number of hydrogen-bond donors (Lipinski definition) is 1. The third-order valence-electron chi connectivity index (χ3n) is 4.21. The van der Waals surface area contributed by atoms with Gasteiger partial charge in [-0.05, 0) is 42.7 Å². The number of nitrogens with zero attached hydrogens (tertiary/aromatic N) is 1. The van der Waals surface area contributed by atoms with E-state index in [2.05, 4.69) is 5.32 Å². The maximum atomic E-state index is 12.7. The Kier molecular flexibility index (Phi) is 5.83. The van der Waals surface area contributed by atoms with Gasteiger partial charge in [-0.1, -0.05) is 18.2 Å². The zero-order valence-corrected chi connectivity index (χ0v) is 16.3. The fraction of sp³-hybridized carbons (Fsp3) is 0.353. The van der Waals surface area contributed by atoms with Gasteiger partial charge in [0.2, 0.25) is 5.91 Å². The molecule has 5 nitrogen and oxygen atoms in total. The first-order valence-corrected chi connectivity index (χ1v) is 11.5. The van der Waals surface area contributed by atoms with Crippen molar-refractivity contribution in [3.8, 4) is 0 Å². The molecule has 0 radical (unpaired) electrons. The second-order valence-corrected chi connectivity index (χ2v) is 9.78. The molecule has 1 aromatic carbocycles. The van der Waals surface area contributed by atoms with Gasteiger partial charge < -0.3 is 5.32 Å². The molecular weight excluding hydrogens is 376 g/mol. The van der Waals surface area contributed by atoms with Crippen LogP contribution in [0.15, 0.2) is 50.9 Å². The maximum Gasteiger partial charge on any atom is 0.252 e. The van der Waals surface area contributed by atoms with Crippen molar-refractivity contribution in [2.24, 2.45) is 5.92 Å². The first-order chi connectivity index (χ1) is 12.0. The Hall–Kier alpha value is -1.35. The molecule has 1 aromatic heterocycles. The van der Waals surface area contributed by atoms with E-state index in [-0.39, 0.29) is 18.4 Å². The summed E-state index contributed by atoms with van der Waals surface area (Å²) < 4.78 is 27.1. The molecule has 3 rings (SSSR count). The molecule has 1 aliphatic heterocycles. The zero-order valence-electron chi connectivity index (χ0n) is 13.8. The molecule has 1 N–H and O–H groups in total. The Morgan fingerprint density at radius 3 is 2.80 bits per heavy atom. The predicted molar refractivity (Wildman–Crippen MR) is 103 cm³/mol. The van der Waals surface area contributed by atoms with E-state index < -0.39 is 10.0 Å². The Balaban J connectivity index is 1.72. The number of anilines is 1. The average molecular weight is 397 g/mol. The summed E-state index contributed by atoms with van der Waals surface area (Å²) in [5, 5.41) is 4.71. The van der Waals surface area contributed by atoms with Gasteiger partial charge in [0.05, 0.1) is 11.6 Å². The number of rotatable bonds is 5. The van der Waals surface area contributed by atoms with Crippen LogP contribution in [0.1, 0.15) is 12.8 Å². The number of piperidine rings is 1. The van der Waals surface area contributed by atoms with Gasteiger partial charge in [-0.2, -0.15) is 4.31 Å². The van der Waals surface area contributed by atoms with Crippen molar-refractivity contribution in [3.63, 3.8) is 0 Å². The van der Waals surface area contributed by atoms with Crippen LogP contribution >= 0.6 is 23.1 Å². The number of sulfonamides is 1. The highest BCUT2D eigenvalue weighted by Crippen LogP contribution is 2.29. The van der Waals surface area contributed by atoms with E-state index in [1.54, 1.807) is 29.3 Å². The van der Waals surface area contributed by atoms with Crippen LogP contribution in [-0.2, 0) is 14.8 Å². The molecule has 0 spiro atoms. The first-order valence-electron chi connectivity index (χ1n) is 8.00. The molecule has 1 fully saturated rings. The van der Waals surface area contributed by atoms with E-state index in [0.717, 1.165) is 10.6 Å². The van der Waals surface area contributed by atoms with Gasteiger partial charge in [0.15, 0.2) is 0 Å². The number of hydrogen-bond acceptors (Lipinski definition) is 5. The topological polar surface area (TPSA) is 66.5 Å². The summed E-state index contributed by atoms with van der Waals surface area (Å²) in [6, 6.07) is 11.0. The largest absolute Gasteiger partial charge is 0.325 e. The molecule has 1 saturated heterocycles. The Labute approximate surface area is 156 Å². The van der Waals surface area contributed by atoms with Gasteiger partial charge >= 0.3 is 0 Å². The molecule has 2 aromatic rings. The van der Waals surface area contributed by atoms with Crippen LogP contribution in [0.4, 0.5) is 5.69 Å². The molecule has 8 heteroatoms. The van der Waals surface area contributed by atoms with Gasteiger partial charge in [-0.15, -0.1) is 23.1 Å². The normalized spacial score (nSPS) is 18.8. The summed E-state index contributed by atoms with van der Waals surface area (Å²) in [5.74, 6) is -0.453. The number of thiophene rings is 1. The maximum absolute atomic E-state index is 12.7. The number of nitrogens with one attached hydrogen (secondary N) is 1. The SMILES string of the molecule is CSc1ccccc1NC(=O)[C@H]1CCCN(S(=O)(=O)c2cccs2)C1. The minimum atomic E-state index is -3.50. The minimum absolute atomic E-state index is 0.118. The molecule has 1 aliphatic rings.